The zero-order valence-corrected chi connectivity index (χ0v) is 8.53. The highest BCUT2D eigenvalue weighted by Gasteiger charge is 2.14. The molecule has 0 aromatic heterocycles. The Morgan fingerprint density at radius 1 is 1.18 bits per heavy atom. The van der Waals surface area contributed by atoms with Gasteiger partial charge < -0.3 is 0 Å². The van der Waals surface area contributed by atoms with Crippen molar-refractivity contribution in [2.75, 3.05) is 0 Å². The second-order valence-corrected chi connectivity index (χ2v) is 2.59. The van der Waals surface area contributed by atoms with Crippen LogP contribution in [0.2, 0.25) is 0 Å². The Kier molecular flexibility index (Phi) is 15.1. The van der Waals surface area contributed by atoms with Crippen LogP contribution in [-0.2, 0) is 0 Å². The molecule has 0 saturated heterocycles. The summed E-state index contributed by atoms with van der Waals surface area (Å²) in [4.78, 5) is 0. The van der Waals surface area contributed by atoms with Crippen LogP contribution in [0.25, 0.3) is 0 Å². The Hall–Kier alpha value is -0.260. The van der Waals surface area contributed by atoms with Gasteiger partial charge in [0.1, 0.15) is 0 Å². The molecule has 11 heavy (non-hydrogen) atoms. The van der Waals surface area contributed by atoms with Crippen molar-refractivity contribution < 1.29 is 0 Å². The van der Waals surface area contributed by atoms with Gasteiger partial charge in [0.15, 0.2) is 0 Å². The Bertz CT molecular complexity index is 53.1. The summed E-state index contributed by atoms with van der Waals surface area (Å²) < 4.78 is 0. The third-order valence-electron chi connectivity index (χ3n) is 1.92. The zero-order chi connectivity index (χ0) is 9.11. The molecular formula is C11H24. The van der Waals surface area contributed by atoms with Gasteiger partial charge in [-0.3, -0.25) is 0 Å². The molecule has 0 aromatic rings. The molecule has 0 aliphatic heterocycles. The molecule has 0 bridgehead atoms. The van der Waals surface area contributed by atoms with Gasteiger partial charge in [0.25, 0.3) is 0 Å². The summed E-state index contributed by atoms with van der Waals surface area (Å²) >= 11 is 0. The monoisotopic (exact) mass is 156 g/mol. The van der Waals surface area contributed by atoms with E-state index in [4.69, 9.17) is 0 Å². The quantitative estimate of drug-likeness (QED) is 0.519. The van der Waals surface area contributed by atoms with E-state index in [0.29, 0.717) is 0 Å². The van der Waals surface area contributed by atoms with Gasteiger partial charge in [-0.2, -0.15) is 0 Å². The molecule has 0 heteroatoms. The number of hydrogen-bond donors (Lipinski definition) is 0. The lowest BCUT2D eigenvalue weighted by atomic mass is 9.82. The molecule has 0 heterocycles. The van der Waals surface area contributed by atoms with Crippen LogP contribution in [-0.4, -0.2) is 0 Å². The SMILES string of the molecule is C=C.CC.CCCC1CCC1. The van der Waals surface area contributed by atoms with Crippen molar-refractivity contribution >= 4 is 0 Å². The van der Waals surface area contributed by atoms with Crippen LogP contribution in [0, 0.1) is 5.92 Å². The first-order valence-corrected chi connectivity index (χ1v) is 4.93. The molecule has 0 nitrogen and oxygen atoms in total. The van der Waals surface area contributed by atoms with E-state index in [1.165, 1.54) is 32.1 Å². The average Bonchev–Trinajstić information content (AvgIpc) is 2.05. The summed E-state index contributed by atoms with van der Waals surface area (Å²) in [6.07, 6.45) is 7.43. The van der Waals surface area contributed by atoms with E-state index >= 15 is 0 Å². The molecule has 1 rings (SSSR count). The molecule has 0 N–H and O–H groups in total. The molecule has 0 radical (unpaired) electrons. The van der Waals surface area contributed by atoms with Crippen LogP contribution in [0.5, 0.6) is 0 Å². The van der Waals surface area contributed by atoms with E-state index in [-0.39, 0.29) is 0 Å². The van der Waals surface area contributed by atoms with Crippen molar-refractivity contribution in [3.05, 3.63) is 13.2 Å². The Morgan fingerprint density at radius 3 is 1.73 bits per heavy atom. The molecule has 1 aliphatic rings. The Morgan fingerprint density at radius 2 is 1.64 bits per heavy atom. The van der Waals surface area contributed by atoms with Crippen molar-refractivity contribution in [2.45, 2.75) is 52.9 Å². The molecule has 0 unspecified atom stereocenters. The Balaban J connectivity index is 0. The number of hydrogen-bond acceptors (Lipinski definition) is 0. The second-order valence-electron chi connectivity index (χ2n) is 2.59. The van der Waals surface area contributed by atoms with Crippen LogP contribution >= 0.6 is 0 Å². The highest BCUT2D eigenvalue weighted by atomic mass is 14.2. The van der Waals surface area contributed by atoms with Crippen molar-refractivity contribution in [2.24, 2.45) is 5.92 Å². The van der Waals surface area contributed by atoms with Crippen LogP contribution in [0.15, 0.2) is 13.2 Å². The predicted molar refractivity (Wildman–Crippen MR) is 54.9 cm³/mol. The fraction of sp³-hybridized carbons (Fsp3) is 0.818. The highest BCUT2D eigenvalue weighted by molar-refractivity contribution is 4.67. The fourth-order valence-corrected chi connectivity index (χ4v) is 1.19. The summed E-state index contributed by atoms with van der Waals surface area (Å²) in [6.45, 7) is 12.3. The number of rotatable bonds is 2. The summed E-state index contributed by atoms with van der Waals surface area (Å²) in [6, 6.07) is 0. The maximum absolute atomic E-state index is 3.00. The maximum atomic E-state index is 3.00. The minimum Gasteiger partial charge on any atom is -0.106 e. The van der Waals surface area contributed by atoms with Gasteiger partial charge in [-0.1, -0.05) is 52.9 Å². The van der Waals surface area contributed by atoms with Crippen molar-refractivity contribution in [1.82, 2.24) is 0 Å². The molecule has 1 fully saturated rings. The molecule has 1 aliphatic carbocycles. The van der Waals surface area contributed by atoms with Gasteiger partial charge in [0.2, 0.25) is 0 Å². The topological polar surface area (TPSA) is 0 Å². The van der Waals surface area contributed by atoms with Crippen LogP contribution < -0.4 is 0 Å². The third-order valence-corrected chi connectivity index (χ3v) is 1.92. The van der Waals surface area contributed by atoms with E-state index in [2.05, 4.69) is 20.1 Å². The molecule has 0 atom stereocenters. The summed E-state index contributed by atoms with van der Waals surface area (Å²) in [7, 11) is 0. The van der Waals surface area contributed by atoms with Gasteiger partial charge >= 0.3 is 0 Å². The first-order valence-electron chi connectivity index (χ1n) is 4.93. The predicted octanol–water partition coefficient (Wildman–Crippen LogP) is 4.42. The summed E-state index contributed by atoms with van der Waals surface area (Å²) in [5.41, 5.74) is 0. The highest BCUT2D eigenvalue weighted by Crippen LogP contribution is 2.29. The molecule has 0 aromatic carbocycles. The normalized spacial score (nSPS) is 14.8. The zero-order valence-electron chi connectivity index (χ0n) is 8.53. The molecular weight excluding hydrogens is 132 g/mol. The fourth-order valence-electron chi connectivity index (χ4n) is 1.19. The average molecular weight is 156 g/mol. The van der Waals surface area contributed by atoms with Gasteiger partial charge in [-0.25, -0.2) is 0 Å². The lowest BCUT2D eigenvalue weighted by molar-refractivity contribution is 0.294. The maximum Gasteiger partial charge on any atom is -0.0414 e. The summed E-state index contributed by atoms with van der Waals surface area (Å²) in [5, 5.41) is 0. The van der Waals surface area contributed by atoms with Crippen LogP contribution in [0.1, 0.15) is 52.9 Å². The van der Waals surface area contributed by atoms with E-state index in [1.54, 1.807) is 0 Å². The third kappa shape index (κ3) is 7.64. The summed E-state index contributed by atoms with van der Waals surface area (Å²) in [5.74, 6) is 1.13. The molecule has 68 valence electrons. The second kappa shape index (κ2) is 12.4. The molecule has 1 saturated carbocycles. The lowest BCUT2D eigenvalue weighted by Crippen LogP contribution is -2.09. The van der Waals surface area contributed by atoms with E-state index in [9.17, 15) is 0 Å². The van der Waals surface area contributed by atoms with Gasteiger partial charge in [0, 0.05) is 0 Å². The first-order chi connectivity index (χ1) is 5.43. The van der Waals surface area contributed by atoms with E-state index in [0.717, 1.165) is 5.92 Å². The van der Waals surface area contributed by atoms with E-state index in [1.807, 2.05) is 13.8 Å². The lowest BCUT2D eigenvalue weighted by Gasteiger charge is -2.24. The van der Waals surface area contributed by atoms with Crippen molar-refractivity contribution in [3.63, 3.8) is 0 Å². The van der Waals surface area contributed by atoms with Crippen molar-refractivity contribution in [3.8, 4) is 0 Å². The minimum atomic E-state index is 1.13. The van der Waals surface area contributed by atoms with Gasteiger partial charge in [0.05, 0.1) is 0 Å². The standard InChI is InChI=1S/C7H14.C2H6.C2H4/c1-2-4-7-5-3-6-7;2*1-2/h7H,2-6H2,1H3;1-2H3;1-2H2. The molecule has 0 amide bonds. The first kappa shape index (κ1) is 13.3. The van der Waals surface area contributed by atoms with Crippen LogP contribution in [0.3, 0.4) is 0 Å². The largest absolute Gasteiger partial charge is 0.106 e. The Labute approximate surface area is 72.7 Å². The van der Waals surface area contributed by atoms with Crippen molar-refractivity contribution in [1.29, 1.82) is 0 Å². The van der Waals surface area contributed by atoms with Gasteiger partial charge in [-0.05, 0) is 5.92 Å². The van der Waals surface area contributed by atoms with E-state index < -0.39 is 0 Å². The molecule has 0 spiro atoms. The minimum absolute atomic E-state index is 1.13. The van der Waals surface area contributed by atoms with Gasteiger partial charge in [-0.15, -0.1) is 13.2 Å². The van der Waals surface area contributed by atoms with Crippen LogP contribution in [0.4, 0.5) is 0 Å². The smallest absolute Gasteiger partial charge is 0.0414 e.